The smallest absolute Gasteiger partial charge is 0.180 e. The lowest BCUT2D eigenvalue weighted by Crippen LogP contribution is -1.96. The fourth-order valence-corrected chi connectivity index (χ4v) is 3.45. The van der Waals surface area contributed by atoms with Crippen LogP contribution in [-0.4, -0.2) is 15.0 Å². The highest BCUT2D eigenvalue weighted by Gasteiger charge is 2.14. The van der Waals surface area contributed by atoms with Crippen molar-refractivity contribution in [3.63, 3.8) is 0 Å². The molecular weight excluding hydrogens is 302 g/mol. The first-order chi connectivity index (χ1) is 11.2. The van der Waals surface area contributed by atoms with Gasteiger partial charge in [-0.25, -0.2) is 15.0 Å². The van der Waals surface area contributed by atoms with Crippen LogP contribution in [0, 0.1) is 13.8 Å². The standard InChI is InChI=1S/C19H15N3S/c1-12-6-3-4-8-14(12)17-15-10-11-23-19(15)22-18(21-17)16-9-5-7-13(2)20-16/h3-11H,1-2H3. The summed E-state index contributed by atoms with van der Waals surface area (Å²) in [6, 6.07) is 16.4. The van der Waals surface area contributed by atoms with Crippen LogP contribution in [-0.2, 0) is 0 Å². The molecule has 3 heterocycles. The molecule has 112 valence electrons. The van der Waals surface area contributed by atoms with Gasteiger partial charge in [-0.3, -0.25) is 0 Å². The molecule has 0 aliphatic heterocycles. The molecule has 0 aliphatic carbocycles. The first-order valence-electron chi connectivity index (χ1n) is 7.47. The molecule has 23 heavy (non-hydrogen) atoms. The lowest BCUT2D eigenvalue weighted by atomic mass is 10.0. The van der Waals surface area contributed by atoms with Crippen LogP contribution < -0.4 is 0 Å². The summed E-state index contributed by atoms with van der Waals surface area (Å²) < 4.78 is 0. The van der Waals surface area contributed by atoms with Crippen LogP contribution in [0.3, 0.4) is 0 Å². The number of hydrogen-bond acceptors (Lipinski definition) is 4. The van der Waals surface area contributed by atoms with Crippen LogP contribution >= 0.6 is 11.3 Å². The van der Waals surface area contributed by atoms with E-state index in [1.165, 1.54) is 5.56 Å². The average Bonchev–Trinajstić information content (AvgIpc) is 3.03. The van der Waals surface area contributed by atoms with Crippen LogP contribution in [0.1, 0.15) is 11.3 Å². The second-order valence-electron chi connectivity index (χ2n) is 5.51. The molecule has 0 bridgehead atoms. The number of rotatable bonds is 2. The summed E-state index contributed by atoms with van der Waals surface area (Å²) in [4.78, 5) is 15.1. The Bertz CT molecular complexity index is 1000. The fraction of sp³-hybridized carbons (Fsp3) is 0.105. The maximum absolute atomic E-state index is 4.85. The zero-order valence-corrected chi connectivity index (χ0v) is 13.8. The van der Waals surface area contributed by atoms with Crippen LogP contribution in [0.5, 0.6) is 0 Å². The van der Waals surface area contributed by atoms with Gasteiger partial charge in [0.2, 0.25) is 0 Å². The summed E-state index contributed by atoms with van der Waals surface area (Å²) in [5.41, 5.74) is 5.12. The van der Waals surface area contributed by atoms with Crippen molar-refractivity contribution < 1.29 is 0 Å². The van der Waals surface area contributed by atoms with E-state index in [1.807, 2.05) is 37.3 Å². The normalized spacial score (nSPS) is 11.0. The monoisotopic (exact) mass is 317 g/mol. The fourth-order valence-electron chi connectivity index (χ4n) is 2.68. The minimum atomic E-state index is 0.682. The Kier molecular flexibility index (Phi) is 3.39. The zero-order valence-electron chi connectivity index (χ0n) is 12.9. The molecule has 0 unspecified atom stereocenters. The Balaban J connectivity index is 2.01. The van der Waals surface area contributed by atoms with Gasteiger partial charge in [0.15, 0.2) is 5.82 Å². The summed E-state index contributed by atoms with van der Waals surface area (Å²) in [7, 11) is 0. The first kappa shape index (κ1) is 14.0. The van der Waals surface area contributed by atoms with E-state index in [9.17, 15) is 0 Å². The van der Waals surface area contributed by atoms with Crippen molar-refractivity contribution in [1.82, 2.24) is 15.0 Å². The second-order valence-corrected chi connectivity index (χ2v) is 6.41. The Hall–Kier alpha value is -2.59. The van der Waals surface area contributed by atoms with Gasteiger partial charge in [-0.2, -0.15) is 0 Å². The average molecular weight is 317 g/mol. The van der Waals surface area contributed by atoms with Crippen LogP contribution in [0.2, 0.25) is 0 Å². The Morgan fingerprint density at radius 3 is 2.52 bits per heavy atom. The summed E-state index contributed by atoms with van der Waals surface area (Å²) >= 11 is 1.64. The minimum Gasteiger partial charge on any atom is -0.250 e. The van der Waals surface area contributed by atoms with Gasteiger partial charge in [0.05, 0.1) is 5.69 Å². The van der Waals surface area contributed by atoms with Crippen molar-refractivity contribution in [1.29, 1.82) is 0 Å². The molecule has 0 aliphatic rings. The van der Waals surface area contributed by atoms with Gasteiger partial charge < -0.3 is 0 Å². The van der Waals surface area contributed by atoms with E-state index in [1.54, 1.807) is 11.3 Å². The molecule has 0 fully saturated rings. The third-order valence-corrected chi connectivity index (χ3v) is 4.65. The largest absolute Gasteiger partial charge is 0.250 e. The van der Waals surface area contributed by atoms with Gasteiger partial charge in [0.1, 0.15) is 10.5 Å². The van der Waals surface area contributed by atoms with E-state index in [4.69, 9.17) is 9.97 Å². The molecule has 0 saturated carbocycles. The summed E-state index contributed by atoms with van der Waals surface area (Å²) in [5, 5.41) is 3.16. The lowest BCUT2D eigenvalue weighted by molar-refractivity contribution is 1.14. The second kappa shape index (κ2) is 5.56. The van der Waals surface area contributed by atoms with Gasteiger partial charge in [-0.1, -0.05) is 30.3 Å². The lowest BCUT2D eigenvalue weighted by Gasteiger charge is -2.09. The first-order valence-corrected chi connectivity index (χ1v) is 8.35. The van der Waals surface area contributed by atoms with Crippen molar-refractivity contribution in [2.75, 3.05) is 0 Å². The van der Waals surface area contributed by atoms with E-state index in [2.05, 4.69) is 35.5 Å². The van der Waals surface area contributed by atoms with E-state index < -0.39 is 0 Å². The van der Waals surface area contributed by atoms with Crippen molar-refractivity contribution in [2.24, 2.45) is 0 Å². The molecule has 1 aromatic carbocycles. The number of hydrogen-bond donors (Lipinski definition) is 0. The number of benzene rings is 1. The number of aromatic nitrogens is 3. The third-order valence-electron chi connectivity index (χ3n) is 3.84. The van der Waals surface area contributed by atoms with E-state index in [0.29, 0.717) is 5.82 Å². The Morgan fingerprint density at radius 2 is 1.70 bits per heavy atom. The molecule has 4 heteroatoms. The number of nitrogens with zero attached hydrogens (tertiary/aromatic N) is 3. The van der Waals surface area contributed by atoms with Gasteiger partial charge in [0.25, 0.3) is 0 Å². The van der Waals surface area contributed by atoms with Crippen LogP contribution in [0.15, 0.2) is 53.9 Å². The summed E-state index contributed by atoms with van der Waals surface area (Å²) in [6.07, 6.45) is 0. The van der Waals surface area contributed by atoms with E-state index in [-0.39, 0.29) is 0 Å². The molecule has 3 nitrogen and oxygen atoms in total. The molecule has 0 radical (unpaired) electrons. The van der Waals surface area contributed by atoms with Crippen LogP contribution in [0.4, 0.5) is 0 Å². The molecule has 4 aromatic rings. The molecule has 0 amide bonds. The van der Waals surface area contributed by atoms with Crippen LogP contribution in [0.25, 0.3) is 33.0 Å². The minimum absolute atomic E-state index is 0.682. The molecular formula is C19H15N3S. The molecule has 3 aromatic heterocycles. The van der Waals surface area contributed by atoms with Gasteiger partial charge in [-0.05, 0) is 43.0 Å². The molecule has 4 rings (SSSR count). The maximum atomic E-state index is 4.85. The summed E-state index contributed by atoms with van der Waals surface area (Å²) in [6.45, 7) is 4.09. The predicted octanol–water partition coefficient (Wildman–Crippen LogP) is 5.04. The number of fused-ring (bicyclic) bond motifs is 1. The Labute approximate surface area is 138 Å². The topological polar surface area (TPSA) is 38.7 Å². The molecule has 0 spiro atoms. The third kappa shape index (κ3) is 2.51. The summed E-state index contributed by atoms with van der Waals surface area (Å²) in [5.74, 6) is 0.682. The highest BCUT2D eigenvalue weighted by atomic mass is 32.1. The van der Waals surface area contributed by atoms with Crippen molar-refractivity contribution >= 4 is 21.6 Å². The van der Waals surface area contributed by atoms with Crippen molar-refractivity contribution in [3.8, 4) is 22.8 Å². The molecule has 0 saturated heterocycles. The highest BCUT2D eigenvalue weighted by molar-refractivity contribution is 7.16. The quantitative estimate of drug-likeness (QED) is 0.520. The Morgan fingerprint density at radius 1 is 0.826 bits per heavy atom. The zero-order chi connectivity index (χ0) is 15.8. The predicted molar refractivity (Wildman–Crippen MR) is 95.6 cm³/mol. The SMILES string of the molecule is Cc1cccc(-c2nc(-c3ccccc3C)c3ccsc3n2)n1. The maximum Gasteiger partial charge on any atom is 0.180 e. The number of pyridine rings is 1. The van der Waals surface area contributed by atoms with Crippen molar-refractivity contribution in [2.45, 2.75) is 13.8 Å². The van der Waals surface area contributed by atoms with Gasteiger partial charge in [-0.15, -0.1) is 11.3 Å². The number of thiophene rings is 1. The number of aryl methyl sites for hydroxylation is 2. The highest BCUT2D eigenvalue weighted by Crippen LogP contribution is 2.32. The van der Waals surface area contributed by atoms with Crippen molar-refractivity contribution in [3.05, 3.63) is 65.2 Å². The molecule has 0 N–H and O–H groups in total. The van der Waals surface area contributed by atoms with Gasteiger partial charge >= 0.3 is 0 Å². The van der Waals surface area contributed by atoms with Gasteiger partial charge in [0, 0.05) is 16.6 Å². The van der Waals surface area contributed by atoms with E-state index in [0.717, 1.165) is 32.9 Å². The van der Waals surface area contributed by atoms with E-state index >= 15 is 0 Å². The molecule has 0 atom stereocenters.